The van der Waals surface area contributed by atoms with Gasteiger partial charge < -0.3 is 15.1 Å². The molecule has 1 N–H and O–H groups in total. The molecule has 4 rings (SSSR count). The number of hydrogen-bond donors (Lipinski definition) is 1. The van der Waals surface area contributed by atoms with Gasteiger partial charge in [-0.1, -0.05) is 48.5 Å². The van der Waals surface area contributed by atoms with Gasteiger partial charge in [0.15, 0.2) is 0 Å². The highest BCUT2D eigenvalue weighted by Gasteiger charge is 2.36. The molecule has 0 bridgehead atoms. The van der Waals surface area contributed by atoms with Crippen LogP contribution < -0.4 is 5.32 Å². The van der Waals surface area contributed by atoms with Crippen molar-refractivity contribution in [3.63, 3.8) is 0 Å². The first-order chi connectivity index (χ1) is 16.4. The molecule has 0 aromatic heterocycles. The van der Waals surface area contributed by atoms with E-state index in [2.05, 4.69) is 22.3 Å². The Balaban J connectivity index is 1.74. The van der Waals surface area contributed by atoms with Gasteiger partial charge in [-0.05, 0) is 62.0 Å². The summed E-state index contributed by atoms with van der Waals surface area (Å²) in [6.07, 6.45) is 0. The third-order valence-electron chi connectivity index (χ3n) is 5.98. The van der Waals surface area contributed by atoms with Crippen molar-refractivity contribution < 1.29 is 9.59 Å². The van der Waals surface area contributed by atoms with Gasteiger partial charge in [0, 0.05) is 31.4 Å². The Morgan fingerprint density at radius 1 is 0.941 bits per heavy atom. The van der Waals surface area contributed by atoms with Gasteiger partial charge in [-0.15, -0.1) is 0 Å². The summed E-state index contributed by atoms with van der Waals surface area (Å²) in [5, 5.41) is 2.97. The number of amides is 2. The zero-order chi connectivity index (χ0) is 24.2. The molecule has 0 saturated heterocycles. The van der Waals surface area contributed by atoms with Gasteiger partial charge in [0.25, 0.3) is 5.91 Å². The number of carbonyl (C=O) groups excluding carboxylic acids is 2. The minimum absolute atomic E-state index is 0.0715. The normalized spacial score (nSPS) is 15.3. The lowest BCUT2D eigenvalue weighted by Gasteiger charge is -2.16. The second-order valence-corrected chi connectivity index (χ2v) is 8.81. The highest BCUT2D eigenvalue weighted by atomic mass is 16.2. The monoisotopic (exact) mass is 454 g/mol. The minimum atomic E-state index is -0.563. The van der Waals surface area contributed by atoms with Crippen molar-refractivity contribution in [1.82, 2.24) is 9.80 Å². The Labute approximate surface area is 200 Å². The Hall–Kier alpha value is -3.77. The summed E-state index contributed by atoms with van der Waals surface area (Å²) in [6.45, 7) is 3.39. The molecule has 0 radical (unpaired) electrons. The molecule has 1 atom stereocenters. The molecule has 174 valence electrons. The van der Waals surface area contributed by atoms with Gasteiger partial charge in [-0.3, -0.25) is 14.6 Å². The lowest BCUT2D eigenvalue weighted by Crippen LogP contribution is -2.26. The Kier molecular flexibility index (Phi) is 6.89. The number of aliphatic imine (C=N–C) groups is 1. The molecule has 3 aromatic rings. The zero-order valence-electron chi connectivity index (χ0n) is 20.1. The van der Waals surface area contributed by atoms with Crippen LogP contribution >= 0.6 is 0 Å². The minimum Gasteiger partial charge on any atom is -0.342 e. The van der Waals surface area contributed by atoms with Crippen LogP contribution in [0.1, 0.15) is 39.9 Å². The van der Waals surface area contributed by atoms with Gasteiger partial charge in [-0.25, -0.2) is 0 Å². The zero-order valence-corrected chi connectivity index (χ0v) is 20.1. The summed E-state index contributed by atoms with van der Waals surface area (Å²) >= 11 is 0. The van der Waals surface area contributed by atoms with E-state index in [0.29, 0.717) is 23.5 Å². The number of benzene rings is 3. The summed E-state index contributed by atoms with van der Waals surface area (Å²) in [7, 11) is 5.84. The third-order valence-corrected chi connectivity index (χ3v) is 5.98. The molecule has 6 heteroatoms. The molecule has 6 nitrogen and oxygen atoms in total. The standard InChI is InChI=1S/C28H30N4O2/c1-5-32(4)28(34)21-13-16-23-24(17-21)30-27(33)25(23)26(20-9-7-6-8-10-20)29-22-14-11-19(12-15-22)18-31(2)3/h6-17,25H,5,18H2,1-4H3,(H,30,33). The molecule has 0 spiro atoms. The average molecular weight is 455 g/mol. The van der Waals surface area contributed by atoms with Crippen molar-refractivity contribution in [3.8, 4) is 0 Å². The molecular weight excluding hydrogens is 424 g/mol. The smallest absolute Gasteiger partial charge is 0.253 e. The largest absolute Gasteiger partial charge is 0.342 e. The molecular formula is C28H30N4O2. The highest BCUT2D eigenvalue weighted by Crippen LogP contribution is 2.37. The van der Waals surface area contributed by atoms with E-state index in [9.17, 15) is 9.59 Å². The fourth-order valence-electron chi connectivity index (χ4n) is 4.12. The van der Waals surface area contributed by atoms with Crippen LogP contribution in [0.5, 0.6) is 0 Å². The lowest BCUT2D eigenvalue weighted by atomic mass is 9.90. The van der Waals surface area contributed by atoms with Gasteiger partial charge in [0.1, 0.15) is 5.92 Å². The first-order valence-electron chi connectivity index (χ1n) is 11.4. The van der Waals surface area contributed by atoms with Crippen molar-refractivity contribution >= 4 is 28.9 Å². The first kappa shape index (κ1) is 23.4. The number of carbonyl (C=O) groups is 2. The van der Waals surface area contributed by atoms with E-state index in [4.69, 9.17) is 4.99 Å². The van der Waals surface area contributed by atoms with E-state index < -0.39 is 5.92 Å². The predicted molar refractivity (Wildman–Crippen MR) is 137 cm³/mol. The number of rotatable bonds is 7. The topological polar surface area (TPSA) is 65.0 Å². The van der Waals surface area contributed by atoms with E-state index >= 15 is 0 Å². The van der Waals surface area contributed by atoms with Crippen molar-refractivity contribution in [3.05, 3.63) is 95.1 Å². The van der Waals surface area contributed by atoms with Crippen LogP contribution in [-0.4, -0.2) is 55.0 Å². The number of nitrogens with one attached hydrogen (secondary N) is 1. The highest BCUT2D eigenvalue weighted by molar-refractivity contribution is 6.24. The maximum Gasteiger partial charge on any atom is 0.253 e. The summed E-state index contributed by atoms with van der Waals surface area (Å²) < 4.78 is 0. The molecule has 2 amide bonds. The van der Waals surface area contributed by atoms with Crippen LogP contribution in [0.4, 0.5) is 11.4 Å². The molecule has 3 aromatic carbocycles. The van der Waals surface area contributed by atoms with Crippen molar-refractivity contribution in [2.24, 2.45) is 4.99 Å². The number of fused-ring (bicyclic) bond motifs is 1. The Morgan fingerprint density at radius 2 is 1.65 bits per heavy atom. The molecule has 0 fully saturated rings. The second kappa shape index (κ2) is 10.0. The van der Waals surface area contributed by atoms with Crippen molar-refractivity contribution in [2.75, 3.05) is 33.0 Å². The predicted octanol–water partition coefficient (Wildman–Crippen LogP) is 4.70. The molecule has 1 heterocycles. The van der Waals surface area contributed by atoms with E-state index in [-0.39, 0.29) is 11.8 Å². The molecule has 1 unspecified atom stereocenters. The number of hydrogen-bond acceptors (Lipinski definition) is 4. The summed E-state index contributed by atoms with van der Waals surface area (Å²) in [5.41, 5.74) is 5.60. The fraction of sp³-hybridized carbons (Fsp3) is 0.250. The van der Waals surface area contributed by atoms with Crippen LogP contribution in [0.2, 0.25) is 0 Å². The second-order valence-electron chi connectivity index (χ2n) is 8.81. The molecule has 34 heavy (non-hydrogen) atoms. The van der Waals surface area contributed by atoms with E-state index in [1.54, 1.807) is 24.1 Å². The molecule has 1 aliphatic heterocycles. The van der Waals surface area contributed by atoms with Crippen LogP contribution in [0, 0.1) is 0 Å². The maximum absolute atomic E-state index is 13.2. The quantitative estimate of drug-likeness (QED) is 0.527. The van der Waals surface area contributed by atoms with E-state index in [1.807, 2.05) is 69.6 Å². The Morgan fingerprint density at radius 3 is 2.29 bits per heavy atom. The van der Waals surface area contributed by atoms with Crippen LogP contribution in [-0.2, 0) is 11.3 Å². The van der Waals surface area contributed by atoms with Crippen molar-refractivity contribution in [1.29, 1.82) is 0 Å². The van der Waals surface area contributed by atoms with Crippen LogP contribution in [0.3, 0.4) is 0 Å². The summed E-state index contributed by atoms with van der Waals surface area (Å²) in [6, 6.07) is 23.3. The number of nitrogens with zero attached hydrogens (tertiary/aromatic N) is 3. The van der Waals surface area contributed by atoms with Gasteiger partial charge >= 0.3 is 0 Å². The van der Waals surface area contributed by atoms with Crippen molar-refractivity contribution in [2.45, 2.75) is 19.4 Å². The molecule has 1 aliphatic rings. The first-order valence-corrected chi connectivity index (χ1v) is 11.4. The summed E-state index contributed by atoms with van der Waals surface area (Å²) in [5.74, 6) is -0.778. The van der Waals surface area contributed by atoms with E-state index in [1.165, 1.54) is 5.56 Å². The average Bonchev–Trinajstić information content (AvgIpc) is 3.17. The van der Waals surface area contributed by atoms with E-state index in [0.717, 1.165) is 23.4 Å². The SMILES string of the molecule is CCN(C)C(=O)c1ccc2c(c1)NC(=O)C2C(=Nc1ccc(CN(C)C)cc1)c1ccccc1. The van der Waals surface area contributed by atoms with Gasteiger partial charge in [-0.2, -0.15) is 0 Å². The van der Waals surface area contributed by atoms with Crippen LogP contribution in [0.15, 0.2) is 77.8 Å². The Bertz CT molecular complexity index is 1220. The maximum atomic E-state index is 13.2. The lowest BCUT2D eigenvalue weighted by molar-refractivity contribution is -0.115. The van der Waals surface area contributed by atoms with Gasteiger partial charge in [0.2, 0.25) is 5.91 Å². The van der Waals surface area contributed by atoms with Gasteiger partial charge in [0.05, 0.1) is 11.4 Å². The third kappa shape index (κ3) is 4.92. The summed E-state index contributed by atoms with van der Waals surface area (Å²) in [4.78, 5) is 34.5. The molecule has 0 saturated carbocycles. The molecule has 0 aliphatic carbocycles. The van der Waals surface area contributed by atoms with Crippen LogP contribution in [0.25, 0.3) is 0 Å². The fourth-order valence-corrected chi connectivity index (χ4v) is 4.12. The number of anilines is 1.